The van der Waals surface area contributed by atoms with Crippen LogP contribution >= 0.6 is 0 Å². The summed E-state index contributed by atoms with van der Waals surface area (Å²) in [5.41, 5.74) is 8.66. The zero-order chi connectivity index (χ0) is 18.1. The Labute approximate surface area is 149 Å². The third kappa shape index (κ3) is 6.00. The van der Waals surface area contributed by atoms with Crippen LogP contribution in [0.4, 0.5) is 0 Å². The molecular formula is C24H34. The molecule has 1 rings (SSSR count). The van der Waals surface area contributed by atoms with Gasteiger partial charge in [0, 0.05) is 0 Å². The van der Waals surface area contributed by atoms with Crippen LogP contribution in [0, 0.1) is 5.92 Å². The first-order valence-electron chi connectivity index (χ1n) is 9.11. The minimum absolute atomic E-state index is 0.440. The molecule has 0 amide bonds. The van der Waals surface area contributed by atoms with Crippen LogP contribution in [0.25, 0.3) is 0 Å². The lowest BCUT2D eigenvalue weighted by Crippen LogP contribution is -2.02. The summed E-state index contributed by atoms with van der Waals surface area (Å²) in [7, 11) is 0. The standard InChI is InChI=1S/C24H34/c1-8-10-11-19(5)21(7)24(20(6)18(3)4)17-16-23-14-12-22(9-2)13-15-23/h8,10-15,19H,1,9,16-17H2,2-7H3/b11-10+,24-21-. The highest BCUT2D eigenvalue weighted by molar-refractivity contribution is 5.38. The molecule has 0 fully saturated rings. The predicted molar refractivity (Wildman–Crippen MR) is 109 cm³/mol. The first-order valence-corrected chi connectivity index (χ1v) is 9.11. The van der Waals surface area contributed by atoms with Crippen molar-refractivity contribution in [1.82, 2.24) is 0 Å². The van der Waals surface area contributed by atoms with Gasteiger partial charge in [0.25, 0.3) is 0 Å². The summed E-state index contributed by atoms with van der Waals surface area (Å²) in [6, 6.07) is 9.08. The molecule has 0 aliphatic rings. The smallest absolute Gasteiger partial charge is 0.00454 e. The fraction of sp³-hybridized carbons (Fsp3) is 0.417. The molecule has 0 saturated heterocycles. The van der Waals surface area contributed by atoms with E-state index < -0.39 is 0 Å². The van der Waals surface area contributed by atoms with E-state index in [0.717, 1.165) is 19.3 Å². The fourth-order valence-electron chi connectivity index (χ4n) is 2.86. The molecule has 0 bridgehead atoms. The van der Waals surface area contributed by atoms with Gasteiger partial charge in [0.05, 0.1) is 0 Å². The molecular weight excluding hydrogens is 288 g/mol. The molecule has 1 unspecified atom stereocenters. The normalized spacial score (nSPS) is 13.6. The van der Waals surface area contributed by atoms with Gasteiger partial charge < -0.3 is 0 Å². The maximum atomic E-state index is 3.78. The second kappa shape index (κ2) is 10.1. The molecule has 0 aromatic heterocycles. The minimum Gasteiger partial charge on any atom is -0.0991 e. The van der Waals surface area contributed by atoms with Crippen LogP contribution in [0.3, 0.4) is 0 Å². The molecule has 1 aromatic rings. The van der Waals surface area contributed by atoms with E-state index in [9.17, 15) is 0 Å². The average Bonchev–Trinajstić information content (AvgIpc) is 2.59. The van der Waals surface area contributed by atoms with Gasteiger partial charge in [-0.3, -0.25) is 0 Å². The van der Waals surface area contributed by atoms with E-state index in [4.69, 9.17) is 0 Å². The van der Waals surface area contributed by atoms with Crippen molar-refractivity contribution in [2.45, 2.75) is 60.8 Å². The maximum absolute atomic E-state index is 3.78. The molecule has 0 aliphatic heterocycles. The monoisotopic (exact) mass is 322 g/mol. The summed E-state index contributed by atoms with van der Waals surface area (Å²) in [4.78, 5) is 0. The summed E-state index contributed by atoms with van der Waals surface area (Å²) in [6.07, 6.45) is 9.44. The van der Waals surface area contributed by atoms with Crippen molar-refractivity contribution in [2.75, 3.05) is 0 Å². The molecule has 0 heteroatoms. The largest absolute Gasteiger partial charge is 0.0991 e. The Balaban J connectivity index is 3.03. The third-order valence-electron chi connectivity index (χ3n) is 4.99. The zero-order valence-corrected chi connectivity index (χ0v) is 16.4. The first kappa shape index (κ1) is 20.2. The lowest BCUT2D eigenvalue weighted by atomic mass is 9.87. The summed E-state index contributed by atoms with van der Waals surface area (Å²) < 4.78 is 0. The van der Waals surface area contributed by atoms with E-state index in [1.807, 2.05) is 12.2 Å². The molecule has 0 spiro atoms. The van der Waals surface area contributed by atoms with Crippen molar-refractivity contribution >= 4 is 0 Å². The molecule has 0 heterocycles. The van der Waals surface area contributed by atoms with E-state index in [1.54, 1.807) is 0 Å². The third-order valence-corrected chi connectivity index (χ3v) is 4.99. The molecule has 1 aromatic carbocycles. The molecule has 0 aliphatic carbocycles. The van der Waals surface area contributed by atoms with Crippen molar-refractivity contribution in [1.29, 1.82) is 0 Å². The number of hydrogen-bond acceptors (Lipinski definition) is 0. The molecule has 0 N–H and O–H groups in total. The number of rotatable bonds is 8. The van der Waals surface area contributed by atoms with Crippen LogP contribution in [-0.2, 0) is 12.8 Å². The number of benzene rings is 1. The number of aryl methyl sites for hydroxylation is 2. The predicted octanol–water partition coefficient (Wildman–Crippen LogP) is 7.23. The van der Waals surface area contributed by atoms with Gasteiger partial charge in [-0.2, -0.15) is 0 Å². The summed E-state index contributed by atoms with van der Waals surface area (Å²) in [5, 5.41) is 0. The van der Waals surface area contributed by atoms with Crippen molar-refractivity contribution in [3.8, 4) is 0 Å². The van der Waals surface area contributed by atoms with E-state index >= 15 is 0 Å². The molecule has 24 heavy (non-hydrogen) atoms. The van der Waals surface area contributed by atoms with Gasteiger partial charge in [-0.1, -0.05) is 74.1 Å². The van der Waals surface area contributed by atoms with Gasteiger partial charge in [-0.15, -0.1) is 0 Å². The second-order valence-electron chi connectivity index (χ2n) is 6.87. The van der Waals surface area contributed by atoms with E-state index in [0.29, 0.717) is 5.92 Å². The summed E-state index contributed by atoms with van der Waals surface area (Å²) >= 11 is 0. The van der Waals surface area contributed by atoms with Crippen LogP contribution in [-0.4, -0.2) is 0 Å². The van der Waals surface area contributed by atoms with Gasteiger partial charge in [0.1, 0.15) is 0 Å². The van der Waals surface area contributed by atoms with Gasteiger partial charge in [0.15, 0.2) is 0 Å². The van der Waals surface area contributed by atoms with Crippen LogP contribution in [0.5, 0.6) is 0 Å². The lowest BCUT2D eigenvalue weighted by Gasteiger charge is -2.18. The molecule has 0 nitrogen and oxygen atoms in total. The molecule has 0 saturated carbocycles. The maximum Gasteiger partial charge on any atom is -0.00454 e. The Morgan fingerprint density at radius 1 is 1.04 bits per heavy atom. The van der Waals surface area contributed by atoms with Crippen LogP contribution in [0.2, 0.25) is 0 Å². The second-order valence-corrected chi connectivity index (χ2v) is 6.87. The molecule has 1 atom stereocenters. The fourth-order valence-corrected chi connectivity index (χ4v) is 2.86. The Hall–Kier alpha value is -1.82. The van der Waals surface area contributed by atoms with Crippen molar-refractivity contribution in [3.05, 3.63) is 82.5 Å². The van der Waals surface area contributed by atoms with Gasteiger partial charge in [-0.25, -0.2) is 0 Å². The molecule has 0 radical (unpaired) electrons. The van der Waals surface area contributed by atoms with E-state index in [1.165, 1.54) is 33.4 Å². The van der Waals surface area contributed by atoms with E-state index in [-0.39, 0.29) is 0 Å². The number of hydrogen-bond donors (Lipinski definition) is 0. The molecule has 130 valence electrons. The Morgan fingerprint density at radius 3 is 2.12 bits per heavy atom. The Kier molecular flexibility index (Phi) is 8.54. The average molecular weight is 323 g/mol. The van der Waals surface area contributed by atoms with Crippen molar-refractivity contribution in [2.24, 2.45) is 5.92 Å². The summed E-state index contributed by atoms with van der Waals surface area (Å²) in [5.74, 6) is 0.440. The highest BCUT2D eigenvalue weighted by atomic mass is 14.2. The van der Waals surface area contributed by atoms with Gasteiger partial charge in [-0.05, 0) is 75.1 Å². The number of allylic oxidation sites excluding steroid dienone is 7. The first-order chi connectivity index (χ1) is 11.4. The SMILES string of the molecule is C=C/C=C/C(C)/C(C)=C(/CCc1ccc(CC)cc1)C(C)=C(C)C. The summed E-state index contributed by atoms with van der Waals surface area (Å²) in [6.45, 7) is 17.2. The lowest BCUT2D eigenvalue weighted by molar-refractivity contribution is 0.813. The van der Waals surface area contributed by atoms with Gasteiger partial charge >= 0.3 is 0 Å². The Bertz CT molecular complexity index is 617. The van der Waals surface area contributed by atoms with Crippen molar-refractivity contribution < 1.29 is 0 Å². The van der Waals surface area contributed by atoms with E-state index in [2.05, 4.69) is 78.5 Å². The quantitative estimate of drug-likeness (QED) is 0.443. The minimum atomic E-state index is 0.440. The highest BCUT2D eigenvalue weighted by Gasteiger charge is 2.11. The van der Waals surface area contributed by atoms with Crippen LogP contribution in [0.15, 0.2) is 71.4 Å². The highest BCUT2D eigenvalue weighted by Crippen LogP contribution is 2.28. The zero-order valence-electron chi connectivity index (χ0n) is 16.4. The topological polar surface area (TPSA) is 0 Å². The Morgan fingerprint density at radius 2 is 1.62 bits per heavy atom. The van der Waals surface area contributed by atoms with Crippen LogP contribution in [0.1, 0.15) is 59.1 Å². The van der Waals surface area contributed by atoms with Crippen LogP contribution < -0.4 is 0 Å². The van der Waals surface area contributed by atoms with Gasteiger partial charge in [0.2, 0.25) is 0 Å². The van der Waals surface area contributed by atoms with Crippen molar-refractivity contribution in [3.63, 3.8) is 0 Å².